The maximum Gasteiger partial charge on any atom is 0.253 e. The molecular formula is C20H26N2O4S. The molecule has 0 saturated heterocycles. The number of nitrogens with zero attached hydrogens (tertiary/aromatic N) is 1. The van der Waals surface area contributed by atoms with E-state index in [0.29, 0.717) is 16.9 Å². The Hall–Kier alpha value is -2.12. The van der Waals surface area contributed by atoms with E-state index in [-0.39, 0.29) is 10.5 Å². The predicted molar refractivity (Wildman–Crippen MR) is 106 cm³/mol. The fourth-order valence-corrected chi connectivity index (χ4v) is 4.20. The van der Waals surface area contributed by atoms with Gasteiger partial charge in [-0.2, -0.15) is 0 Å². The molecule has 0 spiro atoms. The van der Waals surface area contributed by atoms with Crippen molar-refractivity contribution in [3.63, 3.8) is 0 Å². The first kappa shape index (κ1) is 19.6. The molecule has 3 rings (SSSR count). The number of ether oxygens (including phenoxy) is 1. The Morgan fingerprint density at radius 1 is 1.15 bits per heavy atom. The molecule has 1 heterocycles. The molecule has 0 unspecified atom stereocenters. The normalized spacial score (nSPS) is 16.9. The lowest BCUT2D eigenvalue weighted by Crippen LogP contribution is -2.47. The molecule has 146 valence electrons. The SMILES string of the molecule is Cc1cc(-c2cc(S(C)(=O)=O)ccc2OC2(N)CCCCC2)cn(C)c1=O. The molecule has 27 heavy (non-hydrogen) atoms. The van der Waals surface area contributed by atoms with Gasteiger partial charge in [-0.25, -0.2) is 8.42 Å². The summed E-state index contributed by atoms with van der Waals surface area (Å²) in [5.41, 5.74) is 7.51. The van der Waals surface area contributed by atoms with Gasteiger partial charge in [-0.15, -0.1) is 0 Å². The van der Waals surface area contributed by atoms with Gasteiger partial charge in [-0.05, 0) is 44.0 Å². The van der Waals surface area contributed by atoms with Gasteiger partial charge in [0.25, 0.3) is 5.56 Å². The van der Waals surface area contributed by atoms with Crippen LogP contribution in [0.3, 0.4) is 0 Å². The van der Waals surface area contributed by atoms with Crippen LogP contribution in [-0.4, -0.2) is 25.0 Å². The van der Waals surface area contributed by atoms with Crippen molar-refractivity contribution < 1.29 is 13.2 Å². The van der Waals surface area contributed by atoms with Crippen LogP contribution in [0.2, 0.25) is 0 Å². The van der Waals surface area contributed by atoms with Crippen LogP contribution < -0.4 is 16.0 Å². The Bertz CT molecular complexity index is 993. The van der Waals surface area contributed by atoms with E-state index in [0.717, 1.165) is 37.7 Å². The summed E-state index contributed by atoms with van der Waals surface area (Å²) in [4.78, 5) is 12.2. The van der Waals surface area contributed by atoms with Gasteiger partial charge in [0.05, 0.1) is 4.90 Å². The molecular weight excluding hydrogens is 364 g/mol. The minimum atomic E-state index is -3.38. The zero-order valence-corrected chi connectivity index (χ0v) is 16.8. The minimum absolute atomic E-state index is 0.0944. The van der Waals surface area contributed by atoms with Crippen molar-refractivity contribution in [2.24, 2.45) is 12.8 Å². The molecule has 6 nitrogen and oxygen atoms in total. The third-order valence-corrected chi connectivity index (χ3v) is 6.18. The summed E-state index contributed by atoms with van der Waals surface area (Å²) < 4.78 is 31.8. The second-order valence-electron chi connectivity index (χ2n) is 7.49. The number of hydrogen-bond donors (Lipinski definition) is 1. The van der Waals surface area contributed by atoms with E-state index in [1.807, 2.05) is 0 Å². The Morgan fingerprint density at radius 3 is 2.41 bits per heavy atom. The Kier molecular flexibility index (Phi) is 5.18. The molecule has 7 heteroatoms. The van der Waals surface area contributed by atoms with Crippen LogP contribution in [0.25, 0.3) is 11.1 Å². The summed E-state index contributed by atoms with van der Waals surface area (Å²) in [5, 5.41) is 0. The summed E-state index contributed by atoms with van der Waals surface area (Å²) in [7, 11) is -1.71. The van der Waals surface area contributed by atoms with Crippen molar-refractivity contribution in [1.82, 2.24) is 4.57 Å². The minimum Gasteiger partial charge on any atom is -0.472 e. The maximum atomic E-state index is 12.0. The zero-order chi connectivity index (χ0) is 19.8. The van der Waals surface area contributed by atoms with Crippen LogP contribution in [0.4, 0.5) is 0 Å². The van der Waals surface area contributed by atoms with Crippen molar-refractivity contribution in [2.45, 2.75) is 49.6 Å². The average Bonchev–Trinajstić information content (AvgIpc) is 2.59. The standard InChI is InChI=1S/C20H26N2O4S/c1-14-11-15(13-22(2)19(14)23)17-12-16(27(3,24)25)7-8-18(17)26-20(21)9-5-4-6-10-20/h7-8,11-13H,4-6,9-10,21H2,1-3H3. The van der Waals surface area contributed by atoms with E-state index in [1.165, 1.54) is 16.9 Å². The highest BCUT2D eigenvalue weighted by molar-refractivity contribution is 7.90. The van der Waals surface area contributed by atoms with Gasteiger partial charge in [0.1, 0.15) is 5.75 Å². The first-order valence-corrected chi connectivity index (χ1v) is 11.0. The number of nitrogens with two attached hydrogens (primary N) is 1. The Morgan fingerprint density at radius 2 is 1.81 bits per heavy atom. The largest absolute Gasteiger partial charge is 0.472 e. The smallest absolute Gasteiger partial charge is 0.253 e. The molecule has 1 fully saturated rings. The third-order valence-electron chi connectivity index (χ3n) is 5.07. The molecule has 2 aromatic rings. The van der Waals surface area contributed by atoms with Crippen LogP contribution in [0.1, 0.15) is 37.7 Å². The second kappa shape index (κ2) is 7.13. The van der Waals surface area contributed by atoms with E-state index in [2.05, 4.69) is 0 Å². The molecule has 1 aliphatic rings. The van der Waals surface area contributed by atoms with Crippen LogP contribution in [-0.2, 0) is 16.9 Å². The summed E-state index contributed by atoms with van der Waals surface area (Å²) in [6, 6.07) is 6.54. The van der Waals surface area contributed by atoms with Crippen LogP contribution in [0.15, 0.2) is 40.2 Å². The number of hydrogen-bond acceptors (Lipinski definition) is 5. The maximum absolute atomic E-state index is 12.0. The lowest BCUT2D eigenvalue weighted by molar-refractivity contribution is 0.0370. The monoisotopic (exact) mass is 390 g/mol. The number of pyridine rings is 1. The number of benzene rings is 1. The lowest BCUT2D eigenvalue weighted by atomic mass is 9.92. The van der Waals surface area contributed by atoms with Crippen molar-refractivity contribution in [3.8, 4) is 16.9 Å². The summed E-state index contributed by atoms with van der Waals surface area (Å²) in [6.07, 6.45) is 7.53. The number of aromatic nitrogens is 1. The zero-order valence-electron chi connectivity index (χ0n) is 16.0. The quantitative estimate of drug-likeness (QED) is 0.811. The van der Waals surface area contributed by atoms with Gasteiger partial charge in [0.15, 0.2) is 15.6 Å². The molecule has 0 amide bonds. The Balaban J connectivity index is 2.15. The van der Waals surface area contributed by atoms with Gasteiger partial charge in [0, 0.05) is 49.0 Å². The van der Waals surface area contributed by atoms with Gasteiger partial charge in [-0.3, -0.25) is 10.5 Å². The molecule has 0 bridgehead atoms. The molecule has 0 aliphatic heterocycles. The highest BCUT2D eigenvalue weighted by Crippen LogP contribution is 2.37. The van der Waals surface area contributed by atoms with Gasteiger partial charge >= 0.3 is 0 Å². The second-order valence-corrected chi connectivity index (χ2v) is 9.50. The molecule has 1 aliphatic carbocycles. The molecule has 2 N–H and O–H groups in total. The van der Waals surface area contributed by atoms with Crippen molar-refractivity contribution >= 4 is 9.84 Å². The number of aryl methyl sites for hydroxylation is 2. The average molecular weight is 391 g/mol. The van der Waals surface area contributed by atoms with Crippen molar-refractivity contribution in [2.75, 3.05) is 6.26 Å². The molecule has 0 atom stereocenters. The molecule has 1 aromatic carbocycles. The van der Waals surface area contributed by atoms with Gasteiger partial charge in [-0.1, -0.05) is 6.42 Å². The van der Waals surface area contributed by atoms with E-state index in [1.54, 1.807) is 38.4 Å². The summed E-state index contributed by atoms with van der Waals surface area (Å²) in [6.45, 7) is 1.73. The highest BCUT2D eigenvalue weighted by Gasteiger charge is 2.30. The van der Waals surface area contributed by atoms with E-state index >= 15 is 0 Å². The van der Waals surface area contributed by atoms with Gasteiger partial charge in [0.2, 0.25) is 0 Å². The van der Waals surface area contributed by atoms with E-state index in [4.69, 9.17) is 10.5 Å². The molecule has 0 radical (unpaired) electrons. The van der Waals surface area contributed by atoms with Gasteiger partial charge < -0.3 is 9.30 Å². The summed E-state index contributed by atoms with van der Waals surface area (Å²) >= 11 is 0. The number of sulfone groups is 1. The Labute approximate surface area is 159 Å². The molecule has 1 aromatic heterocycles. The first-order valence-electron chi connectivity index (χ1n) is 9.09. The van der Waals surface area contributed by atoms with E-state index < -0.39 is 15.6 Å². The number of rotatable bonds is 4. The van der Waals surface area contributed by atoms with Crippen LogP contribution in [0, 0.1) is 6.92 Å². The third kappa shape index (κ3) is 4.25. The first-order chi connectivity index (χ1) is 12.6. The predicted octanol–water partition coefficient (Wildman–Crippen LogP) is 2.76. The van der Waals surface area contributed by atoms with Crippen LogP contribution in [0.5, 0.6) is 5.75 Å². The summed E-state index contributed by atoms with van der Waals surface area (Å²) in [5.74, 6) is 0.532. The highest BCUT2D eigenvalue weighted by atomic mass is 32.2. The lowest BCUT2D eigenvalue weighted by Gasteiger charge is -2.34. The van der Waals surface area contributed by atoms with E-state index in [9.17, 15) is 13.2 Å². The fourth-order valence-electron chi connectivity index (χ4n) is 3.55. The topological polar surface area (TPSA) is 91.4 Å². The van der Waals surface area contributed by atoms with Crippen molar-refractivity contribution in [1.29, 1.82) is 0 Å². The molecule has 1 saturated carbocycles. The fraction of sp³-hybridized carbons (Fsp3) is 0.450. The van der Waals surface area contributed by atoms with Crippen molar-refractivity contribution in [3.05, 3.63) is 46.4 Å². The van der Waals surface area contributed by atoms with Crippen LogP contribution >= 0.6 is 0 Å².